The summed E-state index contributed by atoms with van der Waals surface area (Å²) < 4.78 is 0. The van der Waals surface area contributed by atoms with Crippen molar-refractivity contribution in [1.29, 1.82) is 0 Å². The van der Waals surface area contributed by atoms with Crippen molar-refractivity contribution in [2.24, 2.45) is 11.8 Å². The second kappa shape index (κ2) is 4.86. The van der Waals surface area contributed by atoms with Crippen molar-refractivity contribution in [3.05, 3.63) is 0 Å². The summed E-state index contributed by atoms with van der Waals surface area (Å²) in [5, 5.41) is 9.30. The van der Waals surface area contributed by atoms with Gasteiger partial charge in [0.2, 0.25) is 0 Å². The maximum absolute atomic E-state index is 9.30. The van der Waals surface area contributed by atoms with Crippen molar-refractivity contribution < 1.29 is 5.11 Å². The maximum Gasteiger partial charge on any atom is 0.0540 e. The van der Waals surface area contributed by atoms with Gasteiger partial charge in [-0.1, -0.05) is 26.7 Å². The minimum absolute atomic E-state index is 0.0142. The van der Waals surface area contributed by atoms with Crippen LogP contribution in [0.5, 0.6) is 0 Å². The predicted molar refractivity (Wildman–Crippen MR) is 52.0 cm³/mol. The van der Waals surface area contributed by atoms with E-state index in [0.717, 1.165) is 24.7 Å². The van der Waals surface area contributed by atoms with E-state index in [2.05, 4.69) is 13.8 Å². The largest absolute Gasteiger partial charge is 0.393 e. The van der Waals surface area contributed by atoms with E-state index in [1.54, 1.807) is 0 Å². The third-order valence-corrected chi connectivity index (χ3v) is 2.97. The molecule has 0 heterocycles. The molecule has 0 saturated heterocycles. The fraction of sp³-hybridized carbons (Fsp3) is 1.00. The minimum Gasteiger partial charge on any atom is -0.393 e. The Hall–Kier alpha value is -0.0400. The SMILES string of the molecule is CC(C)CCC1CCC(O)CC1. The summed E-state index contributed by atoms with van der Waals surface area (Å²) in [6.07, 6.45) is 7.36. The lowest BCUT2D eigenvalue weighted by molar-refractivity contribution is 0.105. The molecule has 0 aromatic carbocycles. The fourth-order valence-electron chi connectivity index (χ4n) is 2.00. The zero-order chi connectivity index (χ0) is 8.97. The molecular weight excluding hydrogens is 148 g/mol. The molecule has 0 spiro atoms. The molecule has 1 saturated carbocycles. The van der Waals surface area contributed by atoms with E-state index in [-0.39, 0.29) is 6.10 Å². The van der Waals surface area contributed by atoms with Gasteiger partial charge in [0.05, 0.1) is 6.10 Å². The minimum atomic E-state index is 0.0142. The van der Waals surface area contributed by atoms with Crippen LogP contribution >= 0.6 is 0 Å². The lowest BCUT2D eigenvalue weighted by Gasteiger charge is -2.25. The Bertz CT molecular complexity index is 112. The highest BCUT2D eigenvalue weighted by atomic mass is 16.3. The number of aliphatic hydroxyl groups is 1. The van der Waals surface area contributed by atoms with Crippen LogP contribution in [0.15, 0.2) is 0 Å². The van der Waals surface area contributed by atoms with Gasteiger partial charge >= 0.3 is 0 Å². The molecule has 0 amide bonds. The van der Waals surface area contributed by atoms with Gasteiger partial charge in [-0.3, -0.25) is 0 Å². The fourth-order valence-corrected chi connectivity index (χ4v) is 2.00. The molecule has 1 N–H and O–H groups in total. The molecule has 0 bridgehead atoms. The zero-order valence-corrected chi connectivity index (χ0v) is 8.42. The molecule has 0 radical (unpaired) electrons. The van der Waals surface area contributed by atoms with Crippen LogP contribution in [-0.4, -0.2) is 11.2 Å². The van der Waals surface area contributed by atoms with E-state index < -0.39 is 0 Å². The molecule has 1 heteroatoms. The van der Waals surface area contributed by atoms with Crippen molar-refractivity contribution in [1.82, 2.24) is 0 Å². The maximum atomic E-state index is 9.30. The molecule has 0 atom stereocenters. The van der Waals surface area contributed by atoms with Crippen LogP contribution in [-0.2, 0) is 0 Å². The zero-order valence-electron chi connectivity index (χ0n) is 8.42. The summed E-state index contributed by atoms with van der Waals surface area (Å²) in [6, 6.07) is 0. The highest BCUT2D eigenvalue weighted by Crippen LogP contribution is 2.28. The van der Waals surface area contributed by atoms with E-state index in [1.165, 1.54) is 25.7 Å². The smallest absolute Gasteiger partial charge is 0.0540 e. The average Bonchev–Trinajstić information content (AvgIpc) is 2.03. The molecule has 72 valence electrons. The molecular formula is C11H22O. The van der Waals surface area contributed by atoms with Gasteiger partial charge < -0.3 is 5.11 Å². The standard InChI is InChI=1S/C11H22O/c1-9(2)3-4-10-5-7-11(12)8-6-10/h9-12H,3-8H2,1-2H3. The van der Waals surface area contributed by atoms with Crippen LogP contribution in [0.1, 0.15) is 52.4 Å². The first-order valence-corrected chi connectivity index (χ1v) is 5.36. The Morgan fingerprint density at radius 3 is 2.25 bits per heavy atom. The van der Waals surface area contributed by atoms with Crippen LogP contribution in [0.4, 0.5) is 0 Å². The van der Waals surface area contributed by atoms with Crippen LogP contribution in [0.3, 0.4) is 0 Å². The Labute approximate surface area is 76.2 Å². The topological polar surface area (TPSA) is 20.2 Å². The molecule has 0 aromatic heterocycles. The molecule has 1 nitrogen and oxygen atoms in total. The number of rotatable bonds is 3. The molecule has 0 aliphatic heterocycles. The number of aliphatic hydroxyl groups excluding tert-OH is 1. The van der Waals surface area contributed by atoms with Crippen LogP contribution in [0.2, 0.25) is 0 Å². The van der Waals surface area contributed by atoms with Crippen molar-refractivity contribution in [2.75, 3.05) is 0 Å². The van der Waals surface area contributed by atoms with Crippen molar-refractivity contribution >= 4 is 0 Å². The van der Waals surface area contributed by atoms with Gasteiger partial charge in [-0.25, -0.2) is 0 Å². The van der Waals surface area contributed by atoms with E-state index >= 15 is 0 Å². The molecule has 1 fully saturated rings. The molecule has 1 aliphatic carbocycles. The van der Waals surface area contributed by atoms with Gasteiger partial charge in [-0.05, 0) is 37.5 Å². The first-order chi connectivity index (χ1) is 5.68. The van der Waals surface area contributed by atoms with Gasteiger partial charge in [-0.2, -0.15) is 0 Å². The molecule has 1 aliphatic rings. The number of hydrogen-bond acceptors (Lipinski definition) is 1. The van der Waals surface area contributed by atoms with Crippen molar-refractivity contribution in [3.8, 4) is 0 Å². The average molecular weight is 170 g/mol. The quantitative estimate of drug-likeness (QED) is 0.690. The highest BCUT2D eigenvalue weighted by Gasteiger charge is 2.18. The van der Waals surface area contributed by atoms with E-state index in [0.29, 0.717) is 0 Å². The van der Waals surface area contributed by atoms with Gasteiger partial charge in [-0.15, -0.1) is 0 Å². The lowest BCUT2D eigenvalue weighted by atomic mass is 9.83. The summed E-state index contributed by atoms with van der Waals surface area (Å²) >= 11 is 0. The predicted octanol–water partition coefficient (Wildman–Crippen LogP) is 2.97. The van der Waals surface area contributed by atoms with E-state index in [1.807, 2.05) is 0 Å². The second-order valence-corrected chi connectivity index (χ2v) is 4.65. The molecule has 12 heavy (non-hydrogen) atoms. The Morgan fingerprint density at radius 2 is 1.75 bits per heavy atom. The first kappa shape index (κ1) is 10.0. The number of hydrogen-bond donors (Lipinski definition) is 1. The normalized spacial score (nSPS) is 31.0. The first-order valence-electron chi connectivity index (χ1n) is 5.36. The van der Waals surface area contributed by atoms with Crippen LogP contribution < -0.4 is 0 Å². The molecule has 0 aromatic rings. The van der Waals surface area contributed by atoms with E-state index in [4.69, 9.17) is 0 Å². The Kier molecular flexibility index (Phi) is 4.07. The van der Waals surface area contributed by atoms with Gasteiger partial charge in [0.25, 0.3) is 0 Å². The van der Waals surface area contributed by atoms with Crippen molar-refractivity contribution in [2.45, 2.75) is 58.5 Å². The summed E-state index contributed by atoms with van der Waals surface area (Å²) in [5.74, 6) is 1.76. The van der Waals surface area contributed by atoms with Gasteiger partial charge in [0.15, 0.2) is 0 Å². The summed E-state index contributed by atoms with van der Waals surface area (Å²) in [7, 11) is 0. The molecule has 1 rings (SSSR count). The van der Waals surface area contributed by atoms with Gasteiger partial charge in [0, 0.05) is 0 Å². The van der Waals surface area contributed by atoms with Crippen molar-refractivity contribution in [3.63, 3.8) is 0 Å². The summed E-state index contributed by atoms with van der Waals surface area (Å²) in [5.41, 5.74) is 0. The monoisotopic (exact) mass is 170 g/mol. The van der Waals surface area contributed by atoms with Crippen LogP contribution in [0, 0.1) is 11.8 Å². The second-order valence-electron chi connectivity index (χ2n) is 4.65. The summed E-state index contributed by atoms with van der Waals surface area (Å²) in [4.78, 5) is 0. The molecule has 0 unspecified atom stereocenters. The highest BCUT2D eigenvalue weighted by molar-refractivity contribution is 4.71. The summed E-state index contributed by atoms with van der Waals surface area (Å²) in [6.45, 7) is 4.58. The van der Waals surface area contributed by atoms with Gasteiger partial charge in [0.1, 0.15) is 0 Å². The Morgan fingerprint density at radius 1 is 1.17 bits per heavy atom. The van der Waals surface area contributed by atoms with Crippen LogP contribution in [0.25, 0.3) is 0 Å². The Balaban J connectivity index is 2.09. The third kappa shape index (κ3) is 3.57. The lowest BCUT2D eigenvalue weighted by Crippen LogP contribution is -2.18. The third-order valence-electron chi connectivity index (χ3n) is 2.97. The van der Waals surface area contributed by atoms with E-state index in [9.17, 15) is 5.11 Å².